The van der Waals surface area contributed by atoms with Crippen LogP contribution in [0.25, 0.3) is 5.69 Å². The highest BCUT2D eigenvalue weighted by atomic mass is 32.3. The predicted octanol–water partition coefficient (Wildman–Crippen LogP) is 1.14. The van der Waals surface area contributed by atoms with Crippen LogP contribution in [0.1, 0.15) is 10.5 Å². The highest BCUT2D eigenvalue weighted by Gasteiger charge is 2.25. The number of rotatable bonds is 12. The summed E-state index contributed by atoms with van der Waals surface area (Å²) < 4.78 is 102. The second-order valence-corrected chi connectivity index (χ2v) is 12.3. The number of aromatic nitrogens is 2. The number of aromatic carboxylic acids is 1. The standard InChI is InChI=1S/C20H20N4O14S3/c1-36-14-10-16(39(28,29)8-7-38-41(33,34)35)15(37-2)9-13(14)21-22-17-18(20(26)27)23-24(19(17)25)11-3-5-12(6-4-11)40(30,31)32/h3-6,9-10,23H,7-8H2,1-2H3,(H,26,27)(H,30,31,32)(H,33,34,35). The molecule has 0 aliphatic heterocycles. The molecular weight excluding hydrogens is 616 g/mol. The third-order valence-corrected chi connectivity index (χ3v) is 8.14. The van der Waals surface area contributed by atoms with Crippen LogP contribution in [-0.4, -0.2) is 81.8 Å². The number of azo groups is 1. The maximum Gasteiger partial charge on any atom is 0.397 e. The van der Waals surface area contributed by atoms with Crippen LogP contribution in [0.5, 0.6) is 11.5 Å². The Morgan fingerprint density at radius 2 is 1.56 bits per heavy atom. The molecule has 0 saturated carbocycles. The van der Waals surface area contributed by atoms with Gasteiger partial charge < -0.3 is 14.6 Å². The molecule has 0 amide bonds. The molecular formula is C20H20N4O14S3. The molecule has 0 aliphatic rings. The number of nitrogens with zero attached hydrogens (tertiary/aromatic N) is 3. The van der Waals surface area contributed by atoms with E-state index < -0.39 is 75.4 Å². The van der Waals surface area contributed by atoms with Crippen LogP contribution in [0.3, 0.4) is 0 Å². The topological polar surface area (TPSA) is 270 Å². The van der Waals surface area contributed by atoms with Gasteiger partial charge in [-0.3, -0.25) is 19.0 Å². The third kappa shape index (κ3) is 7.33. The second kappa shape index (κ2) is 11.8. The maximum absolute atomic E-state index is 13.0. The molecule has 18 nitrogen and oxygen atoms in total. The van der Waals surface area contributed by atoms with Crippen molar-refractivity contribution in [1.82, 2.24) is 9.78 Å². The molecule has 1 heterocycles. The van der Waals surface area contributed by atoms with Gasteiger partial charge in [0.1, 0.15) is 22.1 Å². The Labute approximate surface area is 231 Å². The summed E-state index contributed by atoms with van der Waals surface area (Å²) in [5.41, 5.74) is -2.65. The lowest BCUT2D eigenvalue weighted by Crippen LogP contribution is -2.16. The minimum absolute atomic E-state index is 0.0156. The number of carboxylic acid groups (broad SMARTS) is 1. The Bertz CT molecular complexity index is 1890. The van der Waals surface area contributed by atoms with Crippen molar-refractivity contribution in [2.24, 2.45) is 10.2 Å². The summed E-state index contributed by atoms with van der Waals surface area (Å²) in [7, 11) is -11.4. The van der Waals surface area contributed by atoms with Gasteiger partial charge in [-0.15, -0.1) is 10.2 Å². The Balaban J connectivity index is 2.05. The third-order valence-electron chi connectivity index (χ3n) is 5.11. The van der Waals surface area contributed by atoms with E-state index in [1.807, 2.05) is 0 Å². The zero-order valence-electron chi connectivity index (χ0n) is 20.8. The van der Waals surface area contributed by atoms with E-state index in [1.54, 1.807) is 0 Å². The zero-order chi connectivity index (χ0) is 30.8. The van der Waals surface area contributed by atoms with Gasteiger partial charge in [-0.1, -0.05) is 0 Å². The first-order valence-corrected chi connectivity index (χ1v) is 15.1. The first-order chi connectivity index (χ1) is 19.0. The molecule has 0 atom stereocenters. The van der Waals surface area contributed by atoms with E-state index in [9.17, 15) is 39.9 Å². The monoisotopic (exact) mass is 636 g/mol. The molecule has 0 spiro atoms. The predicted molar refractivity (Wildman–Crippen MR) is 136 cm³/mol. The molecule has 3 rings (SSSR count). The molecule has 0 aliphatic carbocycles. The van der Waals surface area contributed by atoms with Gasteiger partial charge in [0.05, 0.1) is 37.2 Å². The van der Waals surface area contributed by atoms with Crippen LogP contribution < -0.4 is 15.0 Å². The number of hydrogen-bond donors (Lipinski definition) is 4. The van der Waals surface area contributed by atoms with Crippen molar-refractivity contribution in [3.8, 4) is 17.2 Å². The summed E-state index contributed by atoms with van der Waals surface area (Å²) in [5.74, 6) is -3.03. The molecule has 222 valence electrons. The molecule has 2 aromatic carbocycles. The number of hydrogen-bond acceptors (Lipinski definition) is 13. The lowest BCUT2D eigenvalue weighted by Gasteiger charge is -2.13. The molecule has 1 aromatic heterocycles. The fourth-order valence-corrected chi connectivity index (χ4v) is 5.39. The fraction of sp³-hybridized carbons (Fsp3) is 0.200. The van der Waals surface area contributed by atoms with E-state index in [0.29, 0.717) is 0 Å². The number of ether oxygens (including phenoxy) is 2. The number of carbonyl (C=O) groups is 1. The maximum atomic E-state index is 13.0. The Morgan fingerprint density at radius 3 is 2.07 bits per heavy atom. The van der Waals surface area contributed by atoms with Crippen molar-refractivity contribution >= 4 is 47.7 Å². The van der Waals surface area contributed by atoms with Crippen LogP contribution >= 0.6 is 0 Å². The summed E-state index contributed by atoms with van der Waals surface area (Å²) in [6.07, 6.45) is 0. The van der Waals surface area contributed by atoms with Crippen molar-refractivity contribution in [3.05, 3.63) is 52.4 Å². The Hall–Kier alpha value is -4.15. The fourth-order valence-electron chi connectivity index (χ4n) is 3.26. The van der Waals surface area contributed by atoms with Crippen LogP contribution in [-0.2, 0) is 34.5 Å². The number of benzene rings is 2. The van der Waals surface area contributed by atoms with E-state index in [1.165, 1.54) is 0 Å². The van der Waals surface area contributed by atoms with Crippen LogP contribution in [0, 0.1) is 0 Å². The van der Waals surface area contributed by atoms with Crippen molar-refractivity contribution in [1.29, 1.82) is 0 Å². The molecule has 0 unspecified atom stereocenters. The van der Waals surface area contributed by atoms with Crippen molar-refractivity contribution in [2.45, 2.75) is 9.79 Å². The summed E-state index contributed by atoms with van der Waals surface area (Å²) in [6.45, 7) is -0.912. The molecule has 0 fully saturated rings. The smallest absolute Gasteiger partial charge is 0.397 e. The largest absolute Gasteiger partial charge is 0.495 e. The van der Waals surface area contributed by atoms with Crippen molar-refractivity contribution < 1.29 is 57.9 Å². The minimum Gasteiger partial charge on any atom is -0.495 e. The van der Waals surface area contributed by atoms with Crippen LogP contribution in [0.4, 0.5) is 11.4 Å². The SMILES string of the molecule is COc1cc(S(=O)(=O)CCOS(=O)(=O)O)c(OC)cc1N=Nc1c(C(=O)O)[nH]n(-c2ccc(S(=O)(=O)O)cc2)c1=O. The van der Waals surface area contributed by atoms with Gasteiger partial charge in [0.25, 0.3) is 15.7 Å². The van der Waals surface area contributed by atoms with Gasteiger partial charge in [-0.05, 0) is 24.3 Å². The van der Waals surface area contributed by atoms with Gasteiger partial charge in [0.2, 0.25) is 0 Å². The van der Waals surface area contributed by atoms with Gasteiger partial charge in [0.15, 0.2) is 21.2 Å². The Kier molecular flexibility index (Phi) is 9.00. The molecule has 41 heavy (non-hydrogen) atoms. The summed E-state index contributed by atoms with van der Waals surface area (Å²) in [4.78, 5) is 23.8. The van der Waals surface area contributed by atoms with Gasteiger partial charge >= 0.3 is 16.4 Å². The average molecular weight is 637 g/mol. The van der Waals surface area contributed by atoms with E-state index in [4.69, 9.17) is 18.6 Å². The van der Waals surface area contributed by atoms with Crippen molar-refractivity contribution in [3.63, 3.8) is 0 Å². The summed E-state index contributed by atoms with van der Waals surface area (Å²) in [6, 6.07) is 6.17. The lowest BCUT2D eigenvalue weighted by molar-refractivity contribution is 0.0690. The van der Waals surface area contributed by atoms with Gasteiger partial charge in [-0.25, -0.2) is 22.1 Å². The summed E-state index contributed by atoms with van der Waals surface area (Å²) >= 11 is 0. The number of sulfone groups is 1. The van der Waals surface area contributed by atoms with E-state index in [0.717, 1.165) is 55.3 Å². The highest BCUT2D eigenvalue weighted by Crippen LogP contribution is 2.38. The number of carboxylic acids is 1. The molecule has 0 saturated heterocycles. The van der Waals surface area contributed by atoms with Crippen LogP contribution in [0.15, 0.2) is 61.2 Å². The molecule has 0 radical (unpaired) electrons. The second-order valence-electron chi connectivity index (χ2n) is 7.69. The number of nitrogens with one attached hydrogen (secondary N) is 1. The normalized spacial score (nSPS) is 12.5. The first-order valence-electron chi connectivity index (χ1n) is 10.7. The minimum atomic E-state index is -4.89. The quantitative estimate of drug-likeness (QED) is 0.160. The van der Waals surface area contributed by atoms with E-state index in [-0.39, 0.29) is 22.9 Å². The highest BCUT2D eigenvalue weighted by molar-refractivity contribution is 7.91. The zero-order valence-corrected chi connectivity index (χ0v) is 23.2. The molecule has 0 bridgehead atoms. The number of aromatic amines is 1. The van der Waals surface area contributed by atoms with Crippen LogP contribution in [0.2, 0.25) is 0 Å². The van der Waals surface area contributed by atoms with Crippen molar-refractivity contribution in [2.75, 3.05) is 26.6 Å². The number of H-pyrrole nitrogens is 1. The molecule has 21 heteroatoms. The Morgan fingerprint density at radius 1 is 0.951 bits per heavy atom. The lowest BCUT2D eigenvalue weighted by atomic mass is 10.3. The van der Waals surface area contributed by atoms with Gasteiger partial charge in [-0.2, -0.15) is 16.8 Å². The van der Waals surface area contributed by atoms with Gasteiger partial charge in [0, 0.05) is 12.1 Å². The number of methoxy groups -OCH3 is 2. The molecule has 4 N–H and O–H groups in total. The first kappa shape index (κ1) is 31.4. The van der Waals surface area contributed by atoms with E-state index >= 15 is 0 Å². The van der Waals surface area contributed by atoms with E-state index in [2.05, 4.69) is 19.5 Å². The molecule has 3 aromatic rings. The summed E-state index contributed by atoms with van der Waals surface area (Å²) in [5, 5.41) is 19.4. The average Bonchev–Trinajstić information content (AvgIpc) is 3.21.